The largest absolute Gasteiger partial charge is 0.493 e. The number of hydrogen-bond acceptors (Lipinski definition) is 5. The Morgan fingerprint density at radius 1 is 1.33 bits per heavy atom. The molecule has 1 atom stereocenters. The molecule has 0 aliphatic carbocycles. The average Bonchev–Trinajstić information content (AvgIpc) is 2.75. The van der Waals surface area contributed by atoms with E-state index in [2.05, 4.69) is 4.74 Å². The smallest absolute Gasteiger partial charge is 0.339 e. The van der Waals surface area contributed by atoms with E-state index in [1.54, 1.807) is 12.1 Å². The van der Waals surface area contributed by atoms with E-state index in [1.807, 2.05) is 13.0 Å². The second-order valence-corrected chi connectivity index (χ2v) is 3.92. The Morgan fingerprint density at radius 2 is 2.06 bits per heavy atom. The van der Waals surface area contributed by atoms with Crippen LogP contribution in [0.5, 0.6) is 5.75 Å². The zero-order valence-corrected chi connectivity index (χ0v) is 10.4. The van der Waals surface area contributed by atoms with E-state index in [9.17, 15) is 9.90 Å². The summed E-state index contributed by atoms with van der Waals surface area (Å²) < 4.78 is 15.2. The van der Waals surface area contributed by atoms with Crippen molar-refractivity contribution in [3.63, 3.8) is 0 Å². The topological polar surface area (TPSA) is 68.9 Å². The molecule has 0 amide bonds. The number of carbonyl (C=O) groups excluding carboxylic acids is 1. The summed E-state index contributed by atoms with van der Waals surface area (Å²) >= 11 is 0. The van der Waals surface area contributed by atoms with Crippen molar-refractivity contribution in [1.82, 2.24) is 0 Å². The lowest BCUT2D eigenvalue weighted by Crippen LogP contribution is -2.13. The number of aliphatic hydroxyl groups excluding tert-OH is 1. The van der Waals surface area contributed by atoms with Crippen LogP contribution in [0.15, 0.2) is 22.6 Å². The van der Waals surface area contributed by atoms with Crippen LogP contribution in [-0.2, 0) is 9.53 Å². The molecule has 2 aromatic rings. The van der Waals surface area contributed by atoms with Crippen molar-refractivity contribution < 1.29 is 23.8 Å². The number of aliphatic hydroxyl groups is 1. The summed E-state index contributed by atoms with van der Waals surface area (Å²) in [7, 11) is 2.73. The maximum absolute atomic E-state index is 11.3. The fourth-order valence-corrected chi connectivity index (χ4v) is 1.83. The van der Waals surface area contributed by atoms with Crippen LogP contribution in [0, 0.1) is 6.92 Å². The van der Waals surface area contributed by atoms with Crippen LogP contribution in [0.4, 0.5) is 0 Å². The quantitative estimate of drug-likeness (QED) is 0.843. The lowest BCUT2D eigenvalue weighted by Gasteiger charge is -2.10. The predicted octanol–water partition coefficient (Wildman–Crippen LogP) is 1.96. The Balaban J connectivity index is 2.56. The van der Waals surface area contributed by atoms with Crippen molar-refractivity contribution in [2.45, 2.75) is 13.0 Å². The summed E-state index contributed by atoms with van der Waals surface area (Å²) in [4.78, 5) is 11.3. The number of methoxy groups -OCH3 is 2. The molecule has 0 radical (unpaired) electrons. The molecule has 1 heterocycles. The van der Waals surface area contributed by atoms with E-state index in [1.165, 1.54) is 14.2 Å². The highest BCUT2D eigenvalue weighted by atomic mass is 16.5. The molecule has 2 rings (SSSR count). The summed E-state index contributed by atoms with van der Waals surface area (Å²) in [5.74, 6) is 0.489. The van der Waals surface area contributed by atoms with Gasteiger partial charge in [0.1, 0.15) is 5.76 Å². The fourth-order valence-electron chi connectivity index (χ4n) is 1.83. The van der Waals surface area contributed by atoms with Gasteiger partial charge in [-0.2, -0.15) is 0 Å². The van der Waals surface area contributed by atoms with Gasteiger partial charge >= 0.3 is 5.97 Å². The van der Waals surface area contributed by atoms with Crippen molar-refractivity contribution >= 4 is 16.9 Å². The van der Waals surface area contributed by atoms with Crippen molar-refractivity contribution in [3.8, 4) is 5.75 Å². The van der Waals surface area contributed by atoms with Gasteiger partial charge in [0.25, 0.3) is 0 Å². The molecule has 5 nitrogen and oxygen atoms in total. The third-order valence-corrected chi connectivity index (χ3v) is 2.69. The molecule has 1 unspecified atom stereocenters. The molecule has 1 aromatic heterocycles. The first kappa shape index (κ1) is 12.4. The van der Waals surface area contributed by atoms with Crippen molar-refractivity contribution in [3.05, 3.63) is 29.5 Å². The van der Waals surface area contributed by atoms with E-state index in [4.69, 9.17) is 9.15 Å². The molecule has 0 bridgehead atoms. The van der Waals surface area contributed by atoms with Crippen LogP contribution in [0.1, 0.15) is 17.4 Å². The number of aryl methyl sites for hydroxylation is 1. The molecular formula is C13H14O5. The van der Waals surface area contributed by atoms with Crippen LogP contribution in [0.2, 0.25) is 0 Å². The van der Waals surface area contributed by atoms with Gasteiger partial charge in [-0.3, -0.25) is 0 Å². The standard InChI is InChI=1S/C13H14O5/c1-7-4-9-5-8(11(14)13(15)17-3)6-10(16-2)12(9)18-7/h4-6,11,14H,1-3H3. The van der Waals surface area contributed by atoms with Gasteiger partial charge in [-0.25, -0.2) is 4.79 Å². The number of ether oxygens (including phenoxy) is 2. The number of carbonyl (C=O) groups is 1. The number of esters is 1. The fraction of sp³-hybridized carbons (Fsp3) is 0.308. The summed E-state index contributed by atoms with van der Waals surface area (Å²) in [6.07, 6.45) is -1.33. The Labute approximate surface area is 104 Å². The highest BCUT2D eigenvalue weighted by molar-refractivity contribution is 5.86. The summed E-state index contributed by atoms with van der Waals surface area (Å²) in [5.41, 5.74) is 1.00. The number of hydrogen-bond donors (Lipinski definition) is 1. The Hall–Kier alpha value is -2.01. The van der Waals surface area contributed by atoms with Gasteiger partial charge in [0.2, 0.25) is 0 Å². The Kier molecular flexibility index (Phi) is 3.25. The normalized spacial score (nSPS) is 12.4. The minimum absolute atomic E-state index is 0.409. The minimum Gasteiger partial charge on any atom is -0.493 e. The van der Waals surface area contributed by atoms with Gasteiger partial charge < -0.3 is 19.0 Å². The van der Waals surface area contributed by atoms with E-state index >= 15 is 0 Å². The SMILES string of the molecule is COC(=O)C(O)c1cc(OC)c2oc(C)cc2c1. The highest BCUT2D eigenvalue weighted by Gasteiger charge is 2.21. The first-order valence-electron chi connectivity index (χ1n) is 5.40. The van der Waals surface area contributed by atoms with Crippen LogP contribution < -0.4 is 4.74 Å². The second kappa shape index (κ2) is 4.70. The predicted molar refractivity (Wildman–Crippen MR) is 64.5 cm³/mol. The zero-order chi connectivity index (χ0) is 13.3. The third kappa shape index (κ3) is 2.04. The average molecular weight is 250 g/mol. The van der Waals surface area contributed by atoms with Gasteiger partial charge in [-0.15, -0.1) is 0 Å². The summed E-state index contributed by atoms with van der Waals surface area (Å²) in [5, 5.41) is 10.6. The highest BCUT2D eigenvalue weighted by Crippen LogP contribution is 2.32. The van der Waals surface area contributed by atoms with Crippen molar-refractivity contribution in [2.75, 3.05) is 14.2 Å². The number of furan rings is 1. The number of benzene rings is 1. The monoisotopic (exact) mass is 250 g/mol. The lowest BCUT2D eigenvalue weighted by molar-refractivity contribution is -0.150. The van der Waals surface area contributed by atoms with Crippen molar-refractivity contribution in [2.24, 2.45) is 0 Å². The molecule has 0 aliphatic rings. The minimum atomic E-state index is -1.33. The molecule has 1 aromatic carbocycles. The van der Waals surface area contributed by atoms with E-state index < -0.39 is 12.1 Å². The van der Waals surface area contributed by atoms with Gasteiger partial charge in [-0.1, -0.05) is 0 Å². The van der Waals surface area contributed by atoms with Gasteiger partial charge in [0.05, 0.1) is 14.2 Å². The van der Waals surface area contributed by atoms with E-state index in [-0.39, 0.29) is 0 Å². The maximum Gasteiger partial charge on any atom is 0.339 e. The molecule has 96 valence electrons. The van der Waals surface area contributed by atoms with Crippen LogP contribution in [-0.4, -0.2) is 25.3 Å². The Morgan fingerprint density at radius 3 is 2.67 bits per heavy atom. The van der Waals surface area contributed by atoms with E-state index in [0.717, 1.165) is 11.1 Å². The van der Waals surface area contributed by atoms with Gasteiger partial charge in [0.15, 0.2) is 17.4 Å². The molecule has 1 N–H and O–H groups in total. The molecule has 0 saturated carbocycles. The summed E-state index contributed by atoms with van der Waals surface area (Å²) in [6, 6.07) is 5.05. The summed E-state index contributed by atoms with van der Waals surface area (Å²) in [6.45, 7) is 1.82. The van der Waals surface area contributed by atoms with E-state index in [0.29, 0.717) is 16.9 Å². The van der Waals surface area contributed by atoms with Gasteiger partial charge in [-0.05, 0) is 30.7 Å². The first-order valence-corrected chi connectivity index (χ1v) is 5.40. The molecule has 0 saturated heterocycles. The molecule has 0 fully saturated rings. The van der Waals surface area contributed by atoms with Crippen LogP contribution >= 0.6 is 0 Å². The third-order valence-electron chi connectivity index (χ3n) is 2.69. The molecular weight excluding hydrogens is 236 g/mol. The van der Waals surface area contributed by atoms with Crippen LogP contribution in [0.25, 0.3) is 11.0 Å². The Bertz CT molecular complexity index is 584. The molecule has 0 spiro atoms. The van der Waals surface area contributed by atoms with Gasteiger partial charge in [0, 0.05) is 5.39 Å². The maximum atomic E-state index is 11.3. The molecule has 0 aliphatic heterocycles. The zero-order valence-electron chi connectivity index (χ0n) is 10.4. The second-order valence-electron chi connectivity index (χ2n) is 3.92. The lowest BCUT2D eigenvalue weighted by atomic mass is 10.1. The number of rotatable bonds is 3. The molecule has 5 heteroatoms. The molecule has 18 heavy (non-hydrogen) atoms. The van der Waals surface area contributed by atoms with Crippen LogP contribution in [0.3, 0.4) is 0 Å². The number of fused-ring (bicyclic) bond motifs is 1. The van der Waals surface area contributed by atoms with Crippen molar-refractivity contribution in [1.29, 1.82) is 0 Å². The first-order chi connectivity index (χ1) is 8.56.